The SMILES string of the molecule is FC(F)C(F)(F)C(F)(F)C(F)(F)COc1ccc(N=Nc2ccc3cc(OCC(F)(F)C(F)(F)C(F)(F)C(F)F)ccc3c2)cc1. The first kappa shape index (κ1) is 36.5. The molecule has 0 aromatic heterocycles. The number of hydrogen-bond donors (Lipinski definition) is 0. The largest absolute Gasteiger partial charge is 0.487 e. The Labute approximate surface area is 246 Å². The van der Waals surface area contributed by atoms with Gasteiger partial charge in [-0.25, -0.2) is 17.6 Å². The van der Waals surface area contributed by atoms with Crippen LogP contribution in [0.1, 0.15) is 0 Å². The van der Waals surface area contributed by atoms with Crippen LogP contribution < -0.4 is 9.47 Å². The Balaban J connectivity index is 1.65. The van der Waals surface area contributed by atoms with Crippen molar-refractivity contribution in [2.75, 3.05) is 13.2 Å². The van der Waals surface area contributed by atoms with Gasteiger partial charge in [-0.05, 0) is 59.3 Å². The van der Waals surface area contributed by atoms with Crippen molar-refractivity contribution in [3.05, 3.63) is 60.7 Å². The number of ether oxygens (including phenoxy) is 2. The van der Waals surface area contributed by atoms with Gasteiger partial charge in [0.1, 0.15) is 11.5 Å². The van der Waals surface area contributed by atoms with Gasteiger partial charge < -0.3 is 9.47 Å². The first-order chi connectivity index (χ1) is 21.0. The molecular formula is C26H16F16N2O2. The molecule has 0 spiro atoms. The predicted octanol–water partition coefficient (Wildman–Crippen LogP) is 10.4. The fraction of sp³-hybridized carbons (Fsp3) is 0.385. The molecule has 0 unspecified atom stereocenters. The van der Waals surface area contributed by atoms with E-state index < -0.39 is 73.1 Å². The summed E-state index contributed by atoms with van der Waals surface area (Å²) in [4.78, 5) is 0. The molecule has 0 atom stereocenters. The number of alkyl halides is 16. The highest BCUT2D eigenvalue weighted by atomic mass is 19.4. The molecule has 3 aromatic carbocycles. The molecule has 3 rings (SSSR count). The summed E-state index contributed by atoms with van der Waals surface area (Å²) in [7, 11) is 0. The maximum atomic E-state index is 13.7. The normalized spacial score (nSPS) is 14.1. The topological polar surface area (TPSA) is 43.2 Å². The Bertz CT molecular complexity index is 1530. The molecule has 0 saturated heterocycles. The van der Waals surface area contributed by atoms with E-state index in [-0.39, 0.29) is 16.8 Å². The molecule has 0 bridgehead atoms. The van der Waals surface area contributed by atoms with Gasteiger partial charge in [-0.2, -0.15) is 62.9 Å². The van der Waals surface area contributed by atoms with E-state index in [4.69, 9.17) is 0 Å². The van der Waals surface area contributed by atoms with Crippen LogP contribution in [0, 0.1) is 0 Å². The maximum Gasteiger partial charge on any atom is 0.381 e. The van der Waals surface area contributed by atoms with E-state index in [0.717, 1.165) is 36.4 Å². The molecule has 3 aromatic rings. The first-order valence-corrected chi connectivity index (χ1v) is 12.1. The summed E-state index contributed by atoms with van der Waals surface area (Å²) in [5, 5.41) is 8.16. The summed E-state index contributed by atoms with van der Waals surface area (Å²) < 4.78 is 218. The lowest BCUT2D eigenvalue weighted by Gasteiger charge is -2.32. The molecule has 0 aliphatic carbocycles. The van der Waals surface area contributed by atoms with Gasteiger partial charge in [0.2, 0.25) is 0 Å². The van der Waals surface area contributed by atoms with Crippen molar-refractivity contribution in [2.24, 2.45) is 10.2 Å². The van der Waals surface area contributed by atoms with Crippen LogP contribution in [-0.4, -0.2) is 61.6 Å². The van der Waals surface area contributed by atoms with Gasteiger partial charge in [-0.3, -0.25) is 0 Å². The lowest BCUT2D eigenvalue weighted by Crippen LogP contribution is -2.59. The number of azo groups is 1. The van der Waals surface area contributed by atoms with Crippen LogP contribution in [-0.2, 0) is 0 Å². The summed E-state index contributed by atoms with van der Waals surface area (Å²) in [5.41, 5.74) is 0.136. The number of nitrogens with zero attached hydrogens (tertiary/aromatic N) is 2. The number of benzene rings is 3. The highest BCUT2D eigenvalue weighted by Gasteiger charge is 2.76. The molecule has 0 heterocycles. The van der Waals surface area contributed by atoms with Crippen molar-refractivity contribution in [3.8, 4) is 11.5 Å². The average Bonchev–Trinajstić information content (AvgIpc) is 2.97. The van der Waals surface area contributed by atoms with Crippen molar-refractivity contribution in [3.63, 3.8) is 0 Å². The minimum atomic E-state index is -6.44. The highest BCUT2D eigenvalue weighted by Crippen LogP contribution is 2.50. The van der Waals surface area contributed by atoms with Crippen molar-refractivity contribution >= 4 is 22.1 Å². The first-order valence-electron chi connectivity index (χ1n) is 12.1. The van der Waals surface area contributed by atoms with Gasteiger partial charge in [-0.1, -0.05) is 12.1 Å². The number of hydrogen-bond acceptors (Lipinski definition) is 4. The molecule has 0 radical (unpaired) electrons. The smallest absolute Gasteiger partial charge is 0.381 e. The number of rotatable bonds is 14. The second kappa shape index (κ2) is 12.7. The Kier molecular flexibility index (Phi) is 10.0. The van der Waals surface area contributed by atoms with Gasteiger partial charge in [0.25, 0.3) is 0 Å². The second-order valence-corrected chi connectivity index (χ2v) is 9.37. The molecule has 0 fully saturated rings. The third-order valence-corrected chi connectivity index (χ3v) is 6.06. The third-order valence-electron chi connectivity index (χ3n) is 6.06. The van der Waals surface area contributed by atoms with Gasteiger partial charge in [0.15, 0.2) is 13.2 Å². The standard InChI is InChI=1S/C26H16F16N2O2/c27-19(28)23(35,36)25(39,40)21(31,32)11-45-17-7-4-15(5-8-17)43-44-16-3-1-14-10-18(6-2-13(14)9-16)46-12-22(33,34)26(41,42)24(37,38)20(29)30/h1-10,19-20H,11-12H2. The summed E-state index contributed by atoms with van der Waals surface area (Å²) in [6.07, 6.45) is -10.2. The average molecular weight is 692 g/mol. The minimum absolute atomic E-state index is 0.00710. The number of fused-ring (bicyclic) bond motifs is 1. The Hall–Kier alpha value is -4.00. The van der Waals surface area contributed by atoms with Crippen molar-refractivity contribution in [1.82, 2.24) is 0 Å². The molecule has 20 heteroatoms. The maximum absolute atomic E-state index is 13.7. The monoisotopic (exact) mass is 692 g/mol. The zero-order valence-electron chi connectivity index (χ0n) is 22.1. The summed E-state index contributed by atoms with van der Waals surface area (Å²) in [6.45, 7) is -4.75. The van der Waals surface area contributed by atoms with Crippen LogP contribution in [0.4, 0.5) is 81.6 Å². The molecule has 0 amide bonds. The van der Waals surface area contributed by atoms with Crippen LogP contribution in [0.5, 0.6) is 11.5 Å². The van der Waals surface area contributed by atoms with Crippen molar-refractivity contribution in [1.29, 1.82) is 0 Å². The van der Waals surface area contributed by atoms with Crippen molar-refractivity contribution in [2.45, 2.75) is 48.4 Å². The van der Waals surface area contributed by atoms with Gasteiger partial charge in [0, 0.05) is 0 Å². The Morgan fingerprint density at radius 1 is 0.478 bits per heavy atom. The van der Waals surface area contributed by atoms with E-state index in [1.165, 1.54) is 24.3 Å². The van der Waals surface area contributed by atoms with Crippen LogP contribution in [0.3, 0.4) is 0 Å². The van der Waals surface area contributed by atoms with Crippen LogP contribution in [0.15, 0.2) is 70.9 Å². The molecule has 46 heavy (non-hydrogen) atoms. The predicted molar refractivity (Wildman–Crippen MR) is 127 cm³/mol. The quantitative estimate of drug-likeness (QED) is 0.125. The highest BCUT2D eigenvalue weighted by molar-refractivity contribution is 5.86. The molecular weight excluding hydrogens is 676 g/mol. The Morgan fingerprint density at radius 3 is 1.33 bits per heavy atom. The fourth-order valence-electron chi connectivity index (χ4n) is 3.38. The molecule has 254 valence electrons. The van der Waals surface area contributed by atoms with E-state index in [2.05, 4.69) is 19.7 Å². The summed E-state index contributed by atoms with van der Waals surface area (Å²) in [6, 6.07) is 11.1. The lowest BCUT2D eigenvalue weighted by molar-refractivity contribution is -0.342. The fourth-order valence-corrected chi connectivity index (χ4v) is 3.38. The van der Waals surface area contributed by atoms with Gasteiger partial charge in [-0.15, -0.1) is 0 Å². The molecule has 0 N–H and O–H groups in total. The van der Waals surface area contributed by atoms with Gasteiger partial charge in [0.05, 0.1) is 11.4 Å². The van der Waals surface area contributed by atoms with Gasteiger partial charge >= 0.3 is 48.4 Å². The third kappa shape index (κ3) is 7.03. The van der Waals surface area contributed by atoms with E-state index in [1.807, 2.05) is 0 Å². The van der Waals surface area contributed by atoms with E-state index in [1.54, 1.807) is 0 Å². The van der Waals surface area contributed by atoms with Crippen LogP contribution in [0.25, 0.3) is 10.8 Å². The lowest BCUT2D eigenvalue weighted by atomic mass is 10.1. The zero-order valence-corrected chi connectivity index (χ0v) is 22.1. The second-order valence-electron chi connectivity index (χ2n) is 9.37. The van der Waals surface area contributed by atoms with Crippen molar-refractivity contribution < 1.29 is 79.7 Å². The molecule has 4 nitrogen and oxygen atoms in total. The summed E-state index contributed by atoms with van der Waals surface area (Å²) >= 11 is 0. The zero-order chi connectivity index (χ0) is 34.9. The number of halogens is 16. The molecule has 0 saturated carbocycles. The molecule has 0 aliphatic heterocycles. The van der Waals surface area contributed by atoms with E-state index >= 15 is 0 Å². The van der Waals surface area contributed by atoms with Crippen LogP contribution >= 0.6 is 0 Å². The Morgan fingerprint density at radius 2 is 0.848 bits per heavy atom. The molecule has 0 aliphatic rings. The minimum Gasteiger partial charge on any atom is -0.487 e. The van der Waals surface area contributed by atoms with E-state index in [0.29, 0.717) is 5.39 Å². The van der Waals surface area contributed by atoms with Crippen LogP contribution in [0.2, 0.25) is 0 Å². The van der Waals surface area contributed by atoms with E-state index in [9.17, 15) is 70.2 Å². The summed E-state index contributed by atoms with van der Waals surface area (Å²) in [5.74, 6) is -38.0.